The molecular weight excluding hydrogens is 895 g/mol. The highest BCUT2D eigenvalue weighted by atomic mass is 16.8. The van der Waals surface area contributed by atoms with Crippen molar-refractivity contribution in [3.05, 3.63) is 24.3 Å². The number of ether oxygens (including phenoxy) is 8. The van der Waals surface area contributed by atoms with Crippen LogP contribution in [0.4, 0.5) is 5.69 Å². The SMILES string of the molecule is CCCCC[C@H](O)CCCCCCCCCC(=O)O[C@H]1[C@H](O[C@@H](CNc2ccc(OC)cc2)[C@@H](O)[C@H](O)[C@H](O)COC(C)=O)O[C@@H](C)[C@H](OC(=O)[C@H](C)[C@@H](C)O)[C@H]1O[C@@H]1O[C@@H](C)[C@H](O)[C@@H](O)[C@H]1O. The molecule has 2 aliphatic rings. The van der Waals surface area contributed by atoms with E-state index in [2.05, 4.69) is 12.2 Å². The number of benzene rings is 1. The Labute approximate surface area is 400 Å². The Morgan fingerprint density at radius 2 is 1.32 bits per heavy atom. The predicted molar refractivity (Wildman–Crippen MR) is 245 cm³/mol. The molecule has 0 amide bonds. The van der Waals surface area contributed by atoms with Crippen LogP contribution in [0.25, 0.3) is 0 Å². The second kappa shape index (κ2) is 30.5. The minimum atomic E-state index is -1.98. The molecular formula is C48H81NO19. The average Bonchev–Trinajstić information content (AvgIpc) is 3.31. The van der Waals surface area contributed by atoms with E-state index >= 15 is 0 Å². The first-order valence-electron chi connectivity index (χ1n) is 24.3. The fraction of sp³-hybridized carbons (Fsp3) is 0.812. The van der Waals surface area contributed by atoms with Gasteiger partial charge in [-0.2, -0.15) is 0 Å². The lowest BCUT2D eigenvalue weighted by Crippen LogP contribution is -2.65. The first-order valence-corrected chi connectivity index (χ1v) is 24.3. The molecule has 0 radical (unpaired) electrons. The van der Waals surface area contributed by atoms with Gasteiger partial charge in [0.05, 0.1) is 37.4 Å². The summed E-state index contributed by atoms with van der Waals surface area (Å²) in [5.41, 5.74) is 0.512. The van der Waals surface area contributed by atoms with Crippen molar-refractivity contribution in [2.75, 3.05) is 25.6 Å². The number of esters is 3. The Hall–Kier alpha value is -3.25. The number of aliphatic hydroxyl groups excluding tert-OH is 8. The number of carbonyl (C=O) groups excluding carboxylic acids is 3. The van der Waals surface area contributed by atoms with Crippen molar-refractivity contribution in [1.29, 1.82) is 0 Å². The van der Waals surface area contributed by atoms with Gasteiger partial charge >= 0.3 is 17.9 Å². The molecule has 20 nitrogen and oxygen atoms in total. The van der Waals surface area contributed by atoms with E-state index in [0.717, 1.165) is 71.1 Å². The van der Waals surface area contributed by atoms with E-state index in [1.165, 1.54) is 34.8 Å². The van der Waals surface area contributed by atoms with Gasteiger partial charge in [0.1, 0.15) is 61.2 Å². The molecule has 68 heavy (non-hydrogen) atoms. The topological polar surface area (TPSA) is 299 Å². The van der Waals surface area contributed by atoms with Crippen LogP contribution in [0.2, 0.25) is 0 Å². The molecule has 2 fully saturated rings. The van der Waals surface area contributed by atoms with Gasteiger partial charge < -0.3 is 84.1 Å². The van der Waals surface area contributed by atoms with Crippen LogP contribution >= 0.6 is 0 Å². The molecule has 0 aliphatic carbocycles. The Morgan fingerprint density at radius 1 is 0.721 bits per heavy atom. The number of unbranched alkanes of at least 4 members (excludes halogenated alkanes) is 8. The van der Waals surface area contributed by atoms with Crippen LogP contribution in [0.5, 0.6) is 5.75 Å². The molecule has 1 aromatic carbocycles. The fourth-order valence-corrected chi connectivity index (χ4v) is 7.86. The molecule has 0 bridgehead atoms. The van der Waals surface area contributed by atoms with E-state index in [4.69, 9.17) is 37.9 Å². The summed E-state index contributed by atoms with van der Waals surface area (Å²) in [6.45, 7) is 7.99. The quantitative estimate of drug-likeness (QED) is 0.0293. The van der Waals surface area contributed by atoms with Gasteiger partial charge in [-0.3, -0.25) is 14.4 Å². The molecule has 1 aromatic rings. The van der Waals surface area contributed by atoms with Crippen LogP contribution in [0.15, 0.2) is 24.3 Å². The van der Waals surface area contributed by atoms with Crippen molar-refractivity contribution in [2.24, 2.45) is 5.92 Å². The molecule has 2 saturated heterocycles. The fourth-order valence-electron chi connectivity index (χ4n) is 7.86. The molecule has 17 atom stereocenters. The lowest BCUT2D eigenvalue weighted by atomic mass is 9.96. The third-order valence-corrected chi connectivity index (χ3v) is 12.5. The summed E-state index contributed by atoms with van der Waals surface area (Å²) in [5, 5.41) is 89.4. The van der Waals surface area contributed by atoms with E-state index in [1.807, 2.05) is 0 Å². The van der Waals surface area contributed by atoms with Gasteiger partial charge in [-0.1, -0.05) is 64.7 Å². The first-order chi connectivity index (χ1) is 32.3. The molecule has 392 valence electrons. The number of hydrogen-bond donors (Lipinski definition) is 9. The predicted octanol–water partition coefficient (Wildman–Crippen LogP) is 2.39. The summed E-state index contributed by atoms with van der Waals surface area (Å²) in [5.74, 6) is -2.90. The minimum Gasteiger partial charge on any atom is -0.497 e. The van der Waals surface area contributed by atoms with E-state index in [1.54, 1.807) is 24.3 Å². The molecule has 9 N–H and O–H groups in total. The molecule has 0 saturated carbocycles. The summed E-state index contributed by atoms with van der Waals surface area (Å²) in [7, 11) is 1.50. The third-order valence-electron chi connectivity index (χ3n) is 12.5. The maximum Gasteiger partial charge on any atom is 0.311 e. The Balaban J connectivity index is 1.94. The molecule has 2 heterocycles. The highest BCUT2D eigenvalue weighted by Crippen LogP contribution is 2.35. The van der Waals surface area contributed by atoms with Crippen LogP contribution in [-0.4, -0.2) is 177 Å². The normalized spacial score (nSPS) is 28.3. The van der Waals surface area contributed by atoms with Crippen molar-refractivity contribution in [2.45, 2.75) is 223 Å². The number of nitrogens with one attached hydrogen (secondary N) is 1. The summed E-state index contributed by atoms with van der Waals surface area (Å²) in [4.78, 5) is 38.8. The highest BCUT2D eigenvalue weighted by Gasteiger charge is 2.54. The lowest BCUT2D eigenvalue weighted by molar-refractivity contribution is -0.361. The summed E-state index contributed by atoms with van der Waals surface area (Å²) in [6, 6.07) is 6.66. The molecule has 20 heteroatoms. The molecule has 0 aromatic heterocycles. The zero-order chi connectivity index (χ0) is 50.5. The van der Waals surface area contributed by atoms with Gasteiger partial charge in [0.15, 0.2) is 24.8 Å². The number of carbonyl (C=O) groups is 3. The van der Waals surface area contributed by atoms with Gasteiger partial charge in [-0.05, 0) is 71.2 Å². The Bertz CT molecular complexity index is 1590. The first kappa shape index (κ1) is 59.1. The Kier molecular flexibility index (Phi) is 26.5. The molecule has 3 rings (SSSR count). The largest absolute Gasteiger partial charge is 0.497 e. The van der Waals surface area contributed by atoms with Crippen molar-refractivity contribution in [3.8, 4) is 5.75 Å². The van der Waals surface area contributed by atoms with Crippen molar-refractivity contribution in [3.63, 3.8) is 0 Å². The monoisotopic (exact) mass is 976 g/mol. The maximum absolute atomic E-state index is 13.9. The molecule has 2 aliphatic heterocycles. The van der Waals surface area contributed by atoms with Gasteiger partial charge in [0.2, 0.25) is 0 Å². The van der Waals surface area contributed by atoms with Crippen molar-refractivity contribution in [1.82, 2.24) is 0 Å². The van der Waals surface area contributed by atoms with Gasteiger partial charge in [-0.25, -0.2) is 0 Å². The summed E-state index contributed by atoms with van der Waals surface area (Å²) in [6.07, 6.45) is -13.7. The van der Waals surface area contributed by atoms with Gasteiger partial charge in [-0.15, -0.1) is 0 Å². The second-order valence-corrected chi connectivity index (χ2v) is 18.2. The van der Waals surface area contributed by atoms with Crippen LogP contribution < -0.4 is 10.1 Å². The zero-order valence-corrected chi connectivity index (χ0v) is 40.8. The van der Waals surface area contributed by atoms with Gasteiger partial charge in [0.25, 0.3) is 0 Å². The highest BCUT2D eigenvalue weighted by molar-refractivity contribution is 5.73. The summed E-state index contributed by atoms with van der Waals surface area (Å²) < 4.78 is 46.8. The number of hydrogen-bond acceptors (Lipinski definition) is 20. The summed E-state index contributed by atoms with van der Waals surface area (Å²) >= 11 is 0. The lowest BCUT2D eigenvalue weighted by Gasteiger charge is -2.48. The van der Waals surface area contributed by atoms with E-state index in [9.17, 15) is 55.2 Å². The van der Waals surface area contributed by atoms with E-state index in [0.29, 0.717) is 24.3 Å². The van der Waals surface area contributed by atoms with Crippen molar-refractivity contribution < 1.29 is 93.1 Å². The van der Waals surface area contributed by atoms with E-state index < -0.39 is 122 Å². The minimum absolute atomic E-state index is 0.0877. The number of rotatable bonds is 31. The van der Waals surface area contributed by atoms with Crippen LogP contribution in [0.1, 0.15) is 125 Å². The third kappa shape index (κ3) is 19.2. The van der Waals surface area contributed by atoms with E-state index in [-0.39, 0.29) is 19.1 Å². The number of methoxy groups -OCH3 is 1. The van der Waals surface area contributed by atoms with Crippen LogP contribution in [0.3, 0.4) is 0 Å². The van der Waals surface area contributed by atoms with Crippen LogP contribution in [0, 0.1) is 5.92 Å². The number of aliphatic hydroxyl groups is 8. The van der Waals surface area contributed by atoms with Crippen molar-refractivity contribution >= 4 is 23.6 Å². The average molecular weight is 976 g/mol. The van der Waals surface area contributed by atoms with Gasteiger partial charge in [0, 0.05) is 25.6 Å². The molecule has 0 unspecified atom stereocenters. The number of anilines is 1. The standard InChI is InChI=1S/C48H81NO19/c1-8-9-15-18-33(52)19-16-13-11-10-12-14-17-20-37(54)66-45-44(68-47-42(59)41(58)38(55)29(4)63-47)43(67-46(60)27(2)28(3)50)30(5)64-48(45)65-36(25-49-32-21-23-34(61-7)24-22-32)40(57)39(56)35(53)26-62-31(6)51/h21-24,27-30,33,35-36,38-45,47-50,52-53,55-59H,8-20,25-26H2,1-7H3/t27-,28-,29+,30+,33+,35-,36+,38+,39-,40-,41-,42-,43+,44-,45-,47+,48+/m1/s1. The van der Waals surface area contributed by atoms with Crippen LogP contribution in [-0.2, 0) is 47.5 Å². The smallest absolute Gasteiger partial charge is 0.311 e. The Morgan fingerprint density at radius 3 is 1.93 bits per heavy atom. The molecule has 0 spiro atoms. The maximum atomic E-state index is 13.9. The zero-order valence-electron chi connectivity index (χ0n) is 40.8. The second-order valence-electron chi connectivity index (χ2n) is 18.2.